The first-order chi connectivity index (χ1) is 22.4. The van der Waals surface area contributed by atoms with Crippen molar-refractivity contribution in [3.63, 3.8) is 0 Å². The first kappa shape index (κ1) is 32.4. The van der Waals surface area contributed by atoms with Crippen LogP contribution >= 0.6 is 0 Å². The van der Waals surface area contributed by atoms with Crippen LogP contribution in [0.1, 0.15) is 82.8 Å². The highest BCUT2D eigenvalue weighted by Gasteiger charge is 2.73. The first-order valence-electron chi connectivity index (χ1n) is 17.1. The molecule has 46 heavy (non-hydrogen) atoms. The predicted molar refractivity (Wildman–Crippen MR) is 170 cm³/mol. The van der Waals surface area contributed by atoms with Gasteiger partial charge in [0.2, 0.25) is 17.7 Å². The van der Waals surface area contributed by atoms with Crippen molar-refractivity contribution < 1.29 is 33.8 Å². The van der Waals surface area contributed by atoms with E-state index in [0.717, 1.165) is 37.7 Å². The number of esters is 1. The van der Waals surface area contributed by atoms with E-state index in [1.165, 1.54) is 0 Å². The molecule has 10 heteroatoms. The summed E-state index contributed by atoms with van der Waals surface area (Å²) in [5.74, 6) is -2.99. The highest BCUT2D eigenvalue weighted by molar-refractivity contribution is 5.99. The van der Waals surface area contributed by atoms with Crippen LogP contribution in [0.3, 0.4) is 0 Å². The van der Waals surface area contributed by atoms with Crippen LogP contribution < -0.4 is 5.32 Å². The number of aliphatic hydroxyl groups excluding tert-OH is 1. The van der Waals surface area contributed by atoms with Gasteiger partial charge in [0.25, 0.3) is 0 Å². The summed E-state index contributed by atoms with van der Waals surface area (Å²) in [6.07, 6.45) is 13.8. The Morgan fingerprint density at radius 2 is 1.76 bits per heavy atom. The molecule has 0 radical (unpaired) electrons. The van der Waals surface area contributed by atoms with Crippen LogP contribution in [0.5, 0.6) is 0 Å². The van der Waals surface area contributed by atoms with Gasteiger partial charge in [0.05, 0.1) is 18.1 Å². The first-order valence-corrected chi connectivity index (χ1v) is 17.1. The summed E-state index contributed by atoms with van der Waals surface area (Å²) in [6, 6.07) is 7.89. The SMILES string of the molecule is C[C@H]1NC(=O)CC/C=C\CN(C2CCCCC2)C(=O)[C@@H]2N(CCCCCO)C(=O)[C@H]3[C@H](C(=O)O[C@@H]1c1ccccc1)[C@@H]1C=C[C@]23O1. The van der Waals surface area contributed by atoms with Crippen LogP contribution in [0.2, 0.25) is 0 Å². The number of carbonyl (C=O) groups is 4. The maximum atomic E-state index is 14.8. The summed E-state index contributed by atoms with van der Waals surface area (Å²) in [5.41, 5.74) is -0.540. The van der Waals surface area contributed by atoms with Gasteiger partial charge in [0.1, 0.15) is 23.7 Å². The zero-order valence-corrected chi connectivity index (χ0v) is 26.7. The van der Waals surface area contributed by atoms with Gasteiger partial charge in [-0.05, 0) is 51.0 Å². The summed E-state index contributed by atoms with van der Waals surface area (Å²) in [6.45, 7) is 2.59. The Kier molecular flexibility index (Phi) is 9.94. The Balaban J connectivity index is 1.39. The van der Waals surface area contributed by atoms with Gasteiger partial charge in [-0.3, -0.25) is 19.2 Å². The Hall–Kier alpha value is -3.50. The quantitative estimate of drug-likeness (QED) is 0.267. The van der Waals surface area contributed by atoms with E-state index in [1.807, 2.05) is 66.5 Å². The second-order valence-electron chi connectivity index (χ2n) is 13.4. The number of allylic oxidation sites excluding steroid dienone is 1. The molecule has 0 aromatic heterocycles. The molecule has 248 valence electrons. The van der Waals surface area contributed by atoms with Gasteiger partial charge in [-0.25, -0.2) is 0 Å². The molecule has 4 heterocycles. The molecule has 6 rings (SSSR count). The maximum absolute atomic E-state index is 14.8. The molecule has 3 fully saturated rings. The molecule has 1 aromatic carbocycles. The molecule has 1 aliphatic carbocycles. The third-order valence-corrected chi connectivity index (χ3v) is 10.5. The Labute approximate surface area is 271 Å². The minimum atomic E-state index is -1.27. The van der Waals surface area contributed by atoms with E-state index in [9.17, 15) is 24.3 Å². The van der Waals surface area contributed by atoms with Crippen molar-refractivity contribution >= 4 is 23.7 Å². The van der Waals surface area contributed by atoms with Crippen LogP contribution in [0, 0.1) is 11.8 Å². The maximum Gasteiger partial charge on any atom is 0.313 e. The number of carbonyl (C=O) groups excluding carboxylic acids is 4. The summed E-state index contributed by atoms with van der Waals surface area (Å²) in [7, 11) is 0. The molecule has 1 aromatic rings. The molecule has 0 unspecified atom stereocenters. The lowest BCUT2D eigenvalue weighted by atomic mass is 9.74. The number of benzene rings is 1. The monoisotopic (exact) mass is 633 g/mol. The lowest BCUT2D eigenvalue weighted by molar-refractivity contribution is -0.161. The standard InChI is InChI=1S/C36H47N3O7/c1-24-31(25-14-6-2-7-15-25)45-35(44)29-27-19-20-36(46-27)30(29)33(42)39(22-12-5-13-23-40)32(36)34(43)38(26-16-8-3-9-17-26)21-11-4-10-18-28(41)37-24/h2,4,6-7,11,14-15,19-20,24,26-27,29-32,40H,3,5,8-10,12-13,16-18,21-23H2,1H3,(H,37,41)/b11-4-/t24-,27+,29-,30-,31+,32+,36-/m1/s1. The van der Waals surface area contributed by atoms with E-state index in [4.69, 9.17) is 9.47 Å². The van der Waals surface area contributed by atoms with Crippen molar-refractivity contribution in [2.75, 3.05) is 19.7 Å². The number of unbranched alkanes of at least 4 members (excludes halogenated alkanes) is 2. The van der Waals surface area contributed by atoms with E-state index in [-0.39, 0.29) is 36.8 Å². The average molecular weight is 634 g/mol. The van der Waals surface area contributed by atoms with Gasteiger partial charge in [0, 0.05) is 32.2 Å². The smallest absolute Gasteiger partial charge is 0.313 e. The minimum absolute atomic E-state index is 0.0360. The number of aliphatic hydroxyl groups is 1. The van der Waals surface area contributed by atoms with E-state index in [1.54, 1.807) is 4.90 Å². The third kappa shape index (κ3) is 6.13. The predicted octanol–water partition coefficient (Wildman–Crippen LogP) is 3.60. The molecule has 2 saturated heterocycles. The lowest BCUT2D eigenvalue weighted by Gasteiger charge is -2.40. The molecular formula is C36H47N3O7. The number of hydrogen-bond donors (Lipinski definition) is 2. The highest BCUT2D eigenvalue weighted by atomic mass is 16.6. The second kappa shape index (κ2) is 14.1. The zero-order chi connectivity index (χ0) is 32.3. The number of nitrogens with one attached hydrogen (secondary N) is 1. The Bertz CT molecular complexity index is 1340. The topological polar surface area (TPSA) is 125 Å². The molecular weight excluding hydrogens is 586 g/mol. The minimum Gasteiger partial charge on any atom is -0.455 e. The van der Waals surface area contributed by atoms with Gasteiger partial charge in [-0.2, -0.15) is 0 Å². The Morgan fingerprint density at radius 1 is 0.978 bits per heavy atom. The van der Waals surface area contributed by atoms with Crippen molar-refractivity contribution in [3.8, 4) is 0 Å². The number of amides is 3. The van der Waals surface area contributed by atoms with Crippen molar-refractivity contribution in [1.82, 2.24) is 15.1 Å². The van der Waals surface area contributed by atoms with Crippen LogP contribution in [0.4, 0.5) is 0 Å². The number of nitrogens with zero attached hydrogens (tertiary/aromatic N) is 2. The summed E-state index contributed by atoms with van der Waals surface area (Å²) >= 11 is 0. The number of fused-ring (bicyclic) bond motifs is 2. The summed E-state index contributed by atoms with van der Waals surface area (Å²) in [4.78, 5) is 60.0. The van der Waals surface area contributed by atoms with Crippen LogP contribution in [-0.2, 0) is 28.7 Å². The van der Waals surface area contributed by atoms with Crippen molar-refractivity contribution in [1.29, 1.82) is 0 Å². The Morgan fingerprint density at radius 3 is 2.52 bits per heavy atom. The van der Waals surface area contributed by atoms with Crippen LogP contribution in [-0.4, -0.2) is 88.1 Å². The van der Waals surface area contributed by atoms with Crippen molar-refractivity contribution in [2.24, 2.45) is 11.8 Å². The molecule has 10 nitrogen and oxygen atoms in total. The summed E-state index contributed by atoms with van der Waals surface area (Å²) in [5, 5.41) is 12.4. The average Bonchev–Trinajstić information content (AvgIpc) is 3.71. The summed E-state index contributed by atoms with van der Waals surface area (Å²) < 4.78 is 12.8. The van der Waals surface area contributed by atoms with Crippen molar-refractivity contribution in [3.05, 3.63) is 60.2 Å². The third-order valence-electron chi connectivity index (χ3n) is 10.5. The molecule has 7 atom stereocenters. The van der Waals surface area contributed by atoms with E-state index in [0.29, 0.717) is 38.8 Å². The normalized spacial score (nSPS) is 34.5. The van der Waals surface area contributed by atoms with Gasteiger partial charge in [-0.15, -0.1) is 0 Å². The second-order valence-corrected chi connectivity index (χ2v) is 13.4. The fourth-order valence-corrected chi connectivity index (χ4v) is 8.22. The van der Waals surface area contributed by atoms with Gasteiger partial charge in [0.15, 0.2) is 0 Å². The highest BCUT2D eigenvalue weighted by Crippen LogP contribution is 2.56. The number of ether oxygens (including phenoxy) is 2. The van der Waals surface area contributed by atoms with E-state index >= 15 is 0 Å². The molecule has 1 spiro atoms. The number of likely N-dealkylation sites (tertiary alicyclic amines) is 1. The van der Waals surface area contributed by atoms with E-state index in [2.05, 4.69) is 5.32 Å². The molecule has 5 bridgehead atoms. The molecule has 2 N–H and O–H groups in total. The fraction of sp³-hybridized carbons (Fsp3) is 0.611. The molecule has 1 saturated carbocycles. The molecule has 4 aliphatic heterocycles. The number of cyclic esters (lactones) is 1. The number of rotatable bonds is 7. The van der Waals surface area contributed by atoms with Gasteiger partial charge < -0.3 is 29.7 Å². The van der Waals surface area contributed by atoms with Gasteiger partial charge in [-0.1, -0.05) is 73.9 Å². The number of hydrogen-bond acceptors (Lipinski definition) is 7. The largest absolute Gasteiger partial charge is 0.455 e. The van der Waals surface area contributed by atoms with Crippen LogP contribution in [0.15, 0.2) is 54.6 Å². The van der Waals surface area contributed by atoms with Gasteiger partial charge >= 0.3 is 5.97 Å². The van der Waals surface area contributed by atoms with Crippen molar-refractivity contribution in [2.45, 2.75) is 107 Å². The fourth-order valence-electron chi connectivity index (χ4n) is 8.22. The van der Waals surface area contributed by atoms with Crippen LogP contribution in [0.25, 0.3) is 0 Å². The lowest BCUT2D eigenvalue weighted by Crippen LogP contribution is -2.58. The molecule has 5 aliphatic rings. The zero-order valence-electron chi connectivity index (χ0n) is 26.7. The van der Waals surface area contributed by atoms with E-state index < -0.39 is 47.7 Å². The molecule has 3 amide bonds.